The van der Waals surface area contributed by atoms with Crippen LogP contribution >= 0.6 is 11.8 Å². The van der Waals surface area contributed by atoms with Crippen LogP contribution in [0.4, 0.5) is 10.1 Å². The second kappa shape index (κ2) is 5.58. The Labute approximate surface area is 101 Å². The Kier molecular flexibility index (Phi) is 4.10. The third-order valence-corrected chi connectivity index (χ3v) is 4.56. The number of benzene rings is 1. The van der Waals surface area contributed by atoms with Gasteiger partial charge in [-0.1, -0.05) is 31.4 Å². The van der Waals surface area contributed by atoms with E-state index in [9.17, 15) is 4.39 Å². The minimum atomic E-state index is -0.231. The summed E-state index contributed by atoms with van der Waals surface area (Å²) in [5.74, 6) is 0.521. The summed E-state index contributed by atoms with van der Waals surface area (Å²) in [6, 6.07) is 5.28. The molecule has 0 heterocycles. The van der Waals surface area contributed by atoms with Gasteiger partial charge >= 0.3 is 0 Å². The topological polar surface area (TPSA) is 26.0 Å². The van der Waals surface area contributed by atoms with Crippen LogP contribution in [0.5, 0.6) is 0 Å². The van der Waals surface area contributed by atoms with Gasteiger partial charge in [0, 0.05) is 11.0 Å². The van der Waals surface area contributed by atoms with Crippen LogP contribution in [0.2, 0.25) is 0 Å². The average molecular weight is 239 g/mol. The number of nitrogens with two attached hydrogens (primary N) is 1. The highest BCUT2D eigenvalue weighted by atomic mass is 32.2. The molecule has 0 aromatic heterocycles. The van der Waals surface area contributed by atoms with E-state index >= 15 is 0 Å². The quantitative estimate of drug-likeness (QED) is 0.808. The molecule has 1 nitrogen and oxygen atoms in total. The number of rotatable bonds is 3. The minimum Gasteiger partial charge on any atom is -0.396 e. The fourth-order valence-corrected chi connectivity index (χ4v) is 3.46. The Morgan fingerprint density at radius 3 is 2.75 bits per heavy atom. The van der Waals surface area contributed by atoms with Crippen LogP contribution in [0.25, 0.3) is 0 Å². The van der Waals surface area contributed by atoms with Crippen molar-refractivity contribution in [3.8, 4) is 0 Å². The first-order valence-corrected chi connectivity index (χ1v) is 6.96. The summed E-state index contributed by atoms with van der Waals surface area (Å²) < 4.78 is 13.6. The average Bonchev–Trinajstić information content (AvgIpc) is 2.32. The molecule has 16 heavy (non-hydrogen) atoms. The van der Waals surface area contributed by atoms with E-state index in [1.54, 1.807) is 6.07 Å². The molecule has 0 amide bonds. The third-order valence-electron chi connectivity index (χ3n) is 3.14. The normalized spacial score (nSPS) is 17.6. The molecular formula is C13H18FNS. The second-order valence-electron chi connectivity index (χ2n) is 4.39. The lowest BCUT2D eigenvalue weighted by molar-refractivity contribution is 0.516. The second-order valence-corrected chi connectivity index (χ2v) is 5.68. The molecule has 1 fully saturated rings. The predicted octanol–water partition coefficient (Wildman–Crippen LogP) is 3.97. The van der Waals surface area contributed by atoms with Crippen LogP contribution in [-0.2, 0) is 5.75 Å². The minimum absolute atomic E-state index is 0.231. The Bertz CT molecular complexity index is 348. The molecule has 88 valence electrons. The summed E-state index contributed by atoms with van der Waals surface area (Å²) in [4.78, 5) is 0. The van der Waals surface area contributed by atoms with Gasteiger partial charge in [0.05, 0.1) is 5.69 Å². The molecule has 1 aliphatic carbocycles. The number of anilines is 1. The largest absolute Gasteiger partial charge is 0.396 e. The SMILES string of the molecule is Nc1cccc(CSC2CCCCC2)c1F. The Morgan fingerprint density at radius 1 is 1.25 bits per heavy atom. The highest BCUT2D eigenvalue weighted by Gasteiger charge is 2.14. The van der Waals surface area contributed by atoms with Crippen molar-refractivity contribution in [2.75, 3.05) is 5.73 Å². The highest BCUT2D eigenvalue weighted by molar-refractivity contribution is 7.99. The van der Waals surface area contributed by atoms with Crippen LogP contribution in [-0.4, -0.2) is 5.25 Å². The van der Waals surface area contributed by atoms with Crippen LogP contribution < -0.4 is 5.73 Å². The van der Waals surface area contributed by atoms with Crippen molar-refractivity contribution < 1.29 is 4.39 Å². The van der Waals surface area contributed by atoms with E-state index in [2.05, 4.69) is 0 Å². The van der Waals surface area contributed by atoms with Gasteiger partial charge in [0.15, 0.2) is 0 Å². The van der Waals surface area contributed by atoms with Gasteiger partial charge in [-0.2, -0.15) is 11.8 Å². The van der Waals surface area contributed by atoms with Crippen LogP contribution in [0, 0.1) is 5.82 Å². The van der Waals surface area contributed by atoms with Crippen molar-refractivity contribution in [1.29, 1.82) is 0 Å². The molecule has 0 atom stereocenters. The zero-order valence-corrected chi connectivity index (χ0v) is 10.2. The number of hydrogen-bond acceptors (Lipinski definition) is 2. The molecule has 3 heteroatoms. The maximum Gasteiger partial charge on any atom is 0.150 e. The van der Waals surface area contributed by atoms with Gasteiger partial charge in [-0.25, -0.2) is 4.39 Å². The zero-order chi connectivity index (χ0) is 11.4. The van der Waals surface area contributed by atoms with Crippen LogP contribution in [0.15, 0.2) is 18.2 Å². The van der Waals surface area contributed by atoms with Gasteiger partial charge in [-0.05, 0) is 24.5 Å². The molecule has 2 rings (SSSR count). The van der Waals surface area contributed by atoms with Gasteiger partial charge < -0.3 is 5.73 Å². The summed E-state index contributed by atoms with van der Waals surface area (Å²) in [5.41, 5.74) is 6.56. The number of hydrogen-bond donors (Lipinski definition) is 1. The number of thioether (sulfide) groups is 1. The maximum absolute atomic E-state index is 13.6. The smallest absolute Gasteiger partial charge is 0.150 e. The van der Waals surface area contributed by atoms with E-state index in [1.165, 1.54) is 32.1 Å². The zero-order valence-electron chi connectivity index (χ0n) is 9.42. The van der Waals surface area contributed by atoms with Gasteiger partial charge in [0.1, 0.15) is 5.82 Å². The summed E-state index contributed by atoms with van der Waals surface area (Å²) in [6.07, 6.45) is 6.60. The highest BCUT2D eigenvalue weighted by Crippen LogP contribution is 2.31. The predicted molar refractivity (Wildman–Crippen MR) is 69.0 cm³/mol. The molecule has 1 aromatic rings. The molecule has 1 aromatic carbocycles. The first-order chi connectivity index (χ1) is 7.77. The first-order valence-electron chi connectivity index (χ1n) is 5.92. The fraction of sp³-hybridized carbons (Fsp3) is 0.538. The van der Waals surface area contributed by atoms with E-state index in [0.717, 1.165) is 16.6 Å². The molecule has 1 aliphatic rings. The molecular weight excluding hydrogens is 221 g/mol. The molecule has 0 radical (unpaired) electrons. The van der Waals surface area contributed by atoms with Crippen LogP contribution in [0.3, 0.4) is 0 Å². The standard InChI is InChI=1S/C13H18FNS/c14-13-10(5-4-8-12(13)15)9-16-11-6-2-1-3-7-11/h4-5,8,11H,1-3,6-7,9,15H2. The lowest BCUT2D eigenvalue weighted by Crippen LogP contribution is -2.08. The Hall–Kier alpha value is -0.700. The first kappa shape index (κ1) is 11.8. The lowest BCUT2D eigenvalue weighted by atomic mass is 10.0. The van der Waals surface area contributed by atoms with Crippen molar-refractivity contribution in [1.82, 2.24) is 0 Å². The number of halogens is 1. The summed E-state index contributed by atoms with van der Waals surface area (Å²) >= 11 is 1.88. The summed E-state index contributed by atoms with van der Waals surface area (Å²) in [5, 5.41) is 0.717. The number of nitrogen functional groups attached to an aromatic ring is 1. The molecule has 0 spiro atoms. The lowest BCUT2D eigenvalue weighted by Gasteiger charge is -2.21. The van der Waals surface area contributed by atoms with Crippen LogP contribution in [0.1, 0.15) is 37.7 Å². The van der Waals surface area contributed by atoms with Crippen molar-refractivity contribution in [2.45, 2.75) is 43.1 Å². The molecule has 0 bridgehead atoms. The fourth-order valence-electron chi connectivity index (χ4n) is 2.15. The van der Waals surface area contributed by atoms with Gasteiger partial charge in [-0.15, -0.1) is 0 Å². The molecule has 0 saturated heterocycles. The van der Waals surface area contributed by atoms with Crippen molar-refractivity contribution in [3.05, 3.63) is 29.6 Å². The van der Waals surface area contributed by atoms with Gasteiger partial charge in [-0.3, -0.25) is 0 Å². The molecule has 0 unspecified atom stereocenters. The van der Waals surface area contributed by atoms with Crippen molar-refractivity contribution >= 4 is 17.4 Å². The Morgan fingerprint density at radius 2 is 2.00 bits per heavy atom. The van der Waals surface area contributed by atoms with E-state index < -0.39 is 0 Å². The molecule has 0 aliphatic heterocycles. The summed E-state index contributed by atoms with van der Waals surface area (Å²) in [6.45, 7) is 0. The third kappa shape index (κ3) is 2.91. The Balaban J connectivity index is 1.91. The van der Waals surface area contributed by atoms with E-state index in [4.69, 9.17) is 5.73 Å². The van der Waals surface area contributed by atoms with Crippen molar-refractivity contribution in [3.63, 3.8) is 0 Å². The van der Waals surface area contributed by atoms with E-state index in [0.29, 0.717) is 0 Å². The van der Waals surface area contributed by atoms with Gasteiger partial charge in [0.25, 0.3) is 0 Å². The van der Waals surface area contributed by atoms with Crippen molar-refractivity contribution in [2.24, 2.45) is 0 Å². The van der Waals surface area contributed by atoms with E-state index in [-0.39, 0.29) is 11.5 Å². The monoisotopic (exact) mass is 239 g/mol. The summed E-state index contributed by atoms with van der Waals surface area (Å²) in [7, 11) is 0. The molecule has 1 saturated carbocycles. The maximum atomic E-state index is 13.6. The van der Waals surface area contributed by atoms with Gasteiger partial charge in [0.2, 0.25) is 0 Å². The molecule has 2 N–H and O–H groups in total. The van der Waals surface area contributed by atoms with E-state index in [1.807, 2.05) is 23.9 Å².